The van der Waals surface area contributed by atoms with Crippen molar-refractivity contribution in [1.82, 2.24) is 16.0 Å². The molecule has 3 rings (SSSR count). The topological polar surface area (TPSA) is 117 Å². The number of aliphatic carboxylic acids is 1. The van der Waals surface area contributed by atoms with Crippen molar-refractivity contribution in [3.63, 3.8) is 0 Å². The van der Waals surface area contributed by atoms with Crippen molar-refractivity contribution in [2.24, 2.45) is 0 Å². The largest absolute Gasteiger partial charge is 0.480 e. The lowest BCUT2D eigenvalue weighted by atomic mass is 10.0. The number of rotatable bonds is 9. The van der Waals surface area contributed by atoms with Gasteiger partial charge in [0.25, 0.3) is 0 Å². The third kappa shape index (κ3) is 5.40. The Morgan fingerprint density at radius 3 is 2.11 bits per heavy atom. The zero-order valence-electron chi connectivity index (χ0n) is 15.3. The van der Waals surface area contributed by atoms with E-state index < -0.39 is 30.0 Å². The SMILES string of the molecule is O=C(NCCc1ccccc1)[C@H](Cc1ccccc1)NC(=O)[C@H]1N[C@@H]1C(=O)O. The molecule has 0 bridgehead atoms. The summed E-state index contributed by atoms with van der Waals surface area (Å²) in [6, 6.07) is 16.7. The molecule has 2 aromatic rings. The first-order chi connectivity index (χ1) is 13.5. The van der Waals surface area contributed by atoms with Gasteiger partial charge in [-0.15, -0.1) is 0 Å². The summed E-state index contributed by atoms with van der Waals surface area (Å²) in [7, 11) is 0. The Morgan fingerprint density at radius 2 is 1.54 bits per heavy atom. The summed E-state index contributed by atoms with van der Waals surface area (Å²) in [5.74, 6) is -1.85. The van der Waals surface area contributed by atoms with Crippen molar-refractivity contribution < 1.29 is 19.5 Å². The molecule has 0 radical (unpaired) electrons. The Bertz CT molecular complexity index is 826. The molecule has 7 nitrogen and oxygen atoms in total. The Kier molecular flexibility index (Phi) is 6.39. The van der Waals surface area contributed by atoms with E-state index in [2.05, 4.69) is 16.0 Å². The maximum absolute atomic E-state index is 12.7. The van der Waals surface area contributed by atoms with Crippen LogP contribution < -0.4 is 16.0 Å². The Morgan fingerprint density at radius 1 is 0.929 bits per heavy atom. The molecular formula is C21H23N3O4. The molecule has 4 N–H and O–H groups in total. The standard InChI is InChI=1S/C21H23N3O4/c25-19(22-12-11-14-7-3-1-4-8-14)16(13-15-9-5-2-6-10-15)23-20(26)17-18(24-17)21(27)28/h1-10,16-18,24H,11-13H2,(H,22,25)(H,23,26)(H,27,28)/t16-,17-,18-/m0/s1. The predicted molar refractivity (Wildman–Crippen MR) is 104 cm³/mol. The Balaban J connectivity index is 1.59. The van der Waals surface area contributed by atoms with Gasteiger partial charge in [-0.1, -0.05) is 60.7 Å². The fourth-order valence-electron chi connectivity index (χ4n) is 3.00. The fourth-order valence-corrected chi connectivity index (χ4v) is 3.00. The second-order valence-corrected chi connectivity index (χ2v) is 6.74. The van der Waals surface area contributed by atoms with Gasteiger partial charge < -0.3 is 15.7 Å². The maximum Gasteiger partial charge on any atom is 0.322 e. The molecule has 28 heavy (non-hydrogen) atoms. The van der Waals surface area contributed by atoms with Crippen LogP contribution in [0.25, 0.3) is 0 Å². The van der Waals surface area contributed by atoms with Crippen LogP contribution in [0.4, 0.5) is 0 Å². The van der Waals surface area contributed by atoms with E-state index in [0.29, 0.717) is 19.4 Å². The summed E-state index contributed by atoms with van der Waals surface area (Å²) in [4.78, 5) is 35.9. The van der Waals surface area contributed by atoms with Crippen LogP contribution in [0.15, 0.2) is 60.7 Å². The minimum absolute atomic E-state index is 0.291. The summed E-state index contributed by atoms with van der Waals surface area (Å²) in [6.45, 7) is 0.448. The molecule has 2 amide bonds. The zero-order chi connectivity index (χ0) is 19.9. The number of carboxylic acid groups (broad SMARTS) is 1. The molecular weight excluding hydrogens is 358 g/mol. The van der Waals surface area contributed by atoms with Crippen LogP contribution in [0, 0.1) is 0 Å². The van der Waals surface area contributed by atoms with E-state index in [9.17, 15) is 14.4 Å². The molecule has 1 aliphatic rings. The van der Waals surface area contributed by atoms with E-state index in [0.717, 1.165) is 11.1 Å². The van der Waals surface area contributed by atoms with Gasteiger partial charge in [0.05, 0.1) is 0 Å². The lowest BCUT2D eigenvalue weighted by Crippen LogP contribution is -2.50. The van der Waals surface area contributed by atoms with Crippen LogP contribution >= 0.6 is 0 Å². The molecule has 1 fully saturated rings. The van der Waals surface area contributed by atoms with Crippen LogP contribution in [-0.2, 0) is 27.2 Å². The highest BCUT2D eigenvalue weighted by Crippen LogP contribution is 2.12. The quantitative estimate of drug-likeness (QED) is 0.472. The van der Waals surface area contributed by atoms with Crippen molar-refractivity contribution in [2.75, 3.05) is 6.54 Å². The monoisotopic (exact) mass is 381 g/mol. The molecule has 1 saturated heterocycles. The van der Waals surface area contributed by atoms with Gasteiger partial charge in [-0.25, -0.2) is 0 Å². The molecule has 2 aromatic carbocycles. The van der Waals surface area contributed by atoms with Gasteiger partial charge in [0.2, 0.25) is 11.8 Å². The van der Waals surface area contributed by atoms with Crippen molar-refractivity contribution in [3.05, 3.63) is 71.8 Å². The van der Waals surface area contributed by atoms with Gasteiger partial charge in [0, 0.05) is 13.0 Å². The highest BCUT2D eigenvalue weighted by Gasteiger charge is 2.48. The van der Waals surface area contributed by atoms with E-state index in [-0.39, 0.29) is 5.91 Å². The van der Waals surface area contributed by atoms with Crippen molar-refractivity contribution >= 4 is 17.8 Å². The van der Waals surface area contributed by atoms with Crippen LogP contribution in [0.1, 0.15) is 11.1 Å². The van der Waals surface area contributed by atoms with Crippen LogP contribution in [0.3, 0.4) is 0 Å². The molecule has 146 valence electrons. The van der Waals surface area contributed by atoms with E-state index in [1.165, 1.54) is 0 Å². The third-order valence-electron chi connectivity index (χ3n) is 4.60. The smallest absolute Gasteiger partial charge is 0.322 e. The second-order valence-electron chi connectivity index (χ2n) is 6.74. The average molecular weight is 381 g/mol. The second kappa shape index (κ2) is 9.14. The van der Waals surface area contributed by atoms with Gasteiger partial charge >= 0.3 is 5.97 Å². The first kappa shape index (κ1) is 19.6. The van der Waals surface area contributed by atoms with Crippen molar-refractivity contribution in [2.45, 2.75) is 31.0 Å². The molecule has 0 aromatic heterocycles. The Hall–Kier alpha value is -3.19. The van der Waals surface area contributed by atoms with Crippen LogP contribution in [0.2, 0.25) is 0 Å². The molecule has 7 heteroatoms. The molecule has 0 unspecified atom stereocenters. The van der Waals surface area contributed by atoms with Crippen LogP contribution in [0.5, 0.6) is 0 Å². The van der Waals surface area contributed by atoms with E-state index in [4.69, 9.17) is 5.11 Å². The number of hydrogen-bond acceptors (Lipinski definition) is 4. The first-order valence-electron chi connectivity index (χ1n) is 9.19. The normalized spacial score (nSPS) is 18.7. The van der Waals surface area contributed by atoms with Crippen LogP contribution in [-0.4, -0.2) is 47.6 Å². The predicted octanol–water partition coefficient (Wildman–Crippen LogP) is 0.498. The molecule has 1 aliphatic heterocycles. The number of amides is 2. The molecule has 3 atom stereocenters. The van der Waals surface area contributed by atoms with Gasteiger partial charge in [0.15, 0.2) is 0 Å². The summed E-state index contributed by atoms with van der Waals surface area (Å²) >= 11 is 0. The van der Waals surface area contributed by atoms with E-state index >= 15 is 0 Å². The first-order valence-corrected chi connectivity index (χ1v) is 9.19. The van der Waals surface area contributed by atoms with E-state index in [1.807, 2.05) is 60.7 Å². The fraction of sp³-hybridized carbons (Fsp3) is 0.286. The zero-order valence-corrected chi connectivity index (χ0v) is 15.3. The van der Waals surface area contributed by atoms with Gasteiger partial charge in [-0.05, 0) is 17.5 Å². The molecule has 0 spiro atoms. The number of nitrogens with one attached hydrogen (secondary N) is 3. The Labute approximate surface area is 163 Å². The van der Waals surface area contributed by atoms with Crippen molar-refractivity contribution in [3.8, 4) is 0 Å². The molecule has 1 heterocycles. The number of hydrogen-bond donors (Lipinski definition) is 4. The van der Waals surface area contributed by atoms with Gasteiger partial charge in [0.1, 0.15) is 18.1 Å². The van der Waals surface area contributed by atoms with E-state index in [1.54, 1.807) is 0 Å². The minimum Gasteiger partial charge on any atom is -0.480 e. The summed E-state index contributed by atoms with van der Waals surface area (Å²) < 4.78 is 0. The summed E-state index contributed by atoms with van der Waals surface area (Å²) in [5.41, 5.74) is 2.02. The lowest BCUT2D eigenvalue weighted by Gasteiger charge is -2.18. The maximum atomic E-state index is 12.7. The molecule has 0 saturated carbocycles. The van der Waals surface area contributed by atoms with Gasteiger partial charge in [-0.3, -0.25) is 19.7 Å². The summed E-state index contributed by atoms with van der Waals surface area (Å²) in [6.07, 6.45) is 1.01. The number of carbonyl (C=O) groups is 3. The number of benzene rings is 2. The van der Waals surface area contributed by atoms with Crippen molar-refractivity contribution in [1.29, 1.82) is 0 Å². The molecule has 0 aliphatic carbocycles. The number of carboxylic acids is 1. The average Bonchev–Trinajstić information content (AvgIpc) is 3.50. The van der Waals surface area contributed by atoms with Gasteiger partial charge in [-0.2, -0.15) is 0 Å². The third-order valence-corrected chi connectivity index (χ3v) is 4.60. The minimum atomic E-state index is -1.08. The highest BCUT2D eigenvalue weighted by molar-refractivity contribution is 5.97. The number of carbonyl (C=O) groups excluding carboxylic acids is 2. The summed E-state index contributed by atoms with van der Waals surface area (Å²) in [5, 5.41) is 17.1. The lowest BCUT2D eigenvalue weighted by molar-refractivity contribution is -0.137. The highest BCUT2D eigenvalue weighted by atomic mass is 16.4.